The Morgan fingerprint density at radius 3 is 2.50 bits per heavy atom. The molecule has 0 radical (unpaired) electrons. The van der Waals surface area contributed by atoms with Gasteiger partial charge in [-0.25, -0.2) is 4.79 Å². The molecule has 2 rings (SSSR count). The van der Waals surface area contributed by atoms with Gasteiger partial charge in [0, 0.05) is 5.56 Å². The third kappa shape index (κ3) is 3.73. The zero-order chi connectivity index (χ0) is 15.9. The molecule has 0 heterocycles. The summed E-state index contributed by atoms with van der Waals surface area (Å²) in [4.78, 5) is 11.7. The van der Waals surface area contributed by atoms with Gasteiger partial charge in [0.1, 0.15) is 18.1 Å². The van der Waals surface area contributed by atoms with E-state index in [1.807, 2.05) is 43.3 Å². The quantitative estimate of drug-likeness (QED) is 0.655. The monoisotopic (exact) mass is 297 g/mol. The number of benzene rings is 2. The van der Waals surface area contributed by atoms with Gasteiger partial charge in [-0.2, -0.15) is 0 Å². The van der Waals surface area contributed by atoms with Crippen molar-refractivity contribution in [2.24, 2.45) is 0 Å². The van der Waals surface area contributed by atoms with Gasteiger partial charge in [0.05, 0.1) is 6.61 Å². The van der Waals surface area contributed by atoms with Crippen LogP contribution in [0.15, 0.2) is 48.5 Å². The molecule has 2 aromatic carbocycles. The van der Waals surface area contributed by atoms with Crippen molar-refractivity contribution in [2.45, 2.75) is 20.5 Å². The Labute approximate surface area is 130 Å². The molecule has 4 heteroatoms. The molecule has 0 fully saturated rings. The molecule has 0 atom stereocenters. The first-order valence-corrected chi connectivity index (χ1v) is 7.16. The summed E-state index contributed by atoms with van der Waals surface area (Å²) in [6, 6.07) is 15.0. The van der Waals surface area contributed by atoms with E-state index in [4.69, 9.17) is 14.9 Å². The lowest BCUT2D eigenvalue weighted by Crippen LogP contribution is -2.19. The van der Waals surface area contributed by atoms with Crippen LogP contribution in [0.2, 0.25) is 0 Å². The fourth-order valence-electron chi connectivity index (χ4n) is 2.08. The van der Waals surface area contributed by atoms with Crippen LogP contribution < -0.4 is 4.74 Å². The first-order chi connectivity index (χ1) is 10.6. The minimum atomic E-state index is -0.620. The van der Waals surface area contributed by atoms with Crippen molar-refractivity contribution in [2.75, 3.05) is 6.61 Å². The molecule has 0 aliphatic rings. The van der Waals surface area contributed by atoms with E-state index in [2.05, 4.69) is 0 Å². The number of ether oxygens (including phenoxy) is 2. The van der Waals surface area contributed by atoms with E-state index in [1.54, 1.807) is 19.1 Å². The summed E-state index contributed by atoms with van der Waals surface area (Å²) in [5.74, 6) is 0.172. The summed E-state index contributed by atoms with van der Waals surface area (Å²) >= 11 is 0. The molecule has 22 heavy (non-hydrogen) atoms. The topological polar surface area (TPSA) is 59.4 Å². The van der Waals surface area contributed by atoms with E-state index >= 15 is 0 Å². The maximum Gasteiger partial charge on any atom is 0.356 e. The highest BCUT2D eigenvalue weighted by Crippen LogP contribution is 2.19. The number of carbonyl (C=O) groups excluding carboxylic acids is 1. The highest BCUT2D eigenvalue weighted by atomic mass is 16.5. The second-order valence-corrected chi connectivity index (χ2v) is 4.81. The van der Waals surface area contributed by atoms with Gasteiger partial charge >= 0.3 is 5.97 Å². The summed E-state index contributed by atoms with van der Waals surface area (Å²) in [7, 11) is 0. The number of para-hydroxylation sites is 1. The minimum absolute atomic E-state index is 0.147. The van der Waals surface area contributed by atoms with Crippen molar-refractivity contribution in [1.82, 2.24) is 0 Å². The molecule has 0 unspecified atom stereocenters. The first-order valence-electron chi connectivity index (χ1n) is 7.16. The zero-order valence-electron chi connectivity index (χ0n) is 12.8. The largest absolute Gasteiger partial charge is 0.489 e. The van der Waals surface area contributed by atoms with Gasteiger partial charge in [0.2, 0.25) is 0 Å². The maximum absolute atomic E-state index is 11.7. The molecule has 0 amide bonds. The highest BCUT2D eigenvalue weighted by molar-refractivity contribution is 6.42. The van der Waals surface area contributed by atoms with Crippen LogP contribution in [0.1, 0.15) is 23.6 Å². The van der Waals surface area contributed by atoms with Gasteiger partial charge < -0.3 is 9.47 Å². The van der Waals surface area contributed by atoms with Crippen molar-refractivity contribution in [3.8, 4) is 5.75 Å². The van der Waals surface area contributed by atoms with Crippen molar-refractivity contribution in [3.63, 3.8) is 0 Å². The van der Waals surface area contributed by atoms with Gasteiger partial charge in [-0.1, -0.05) is 42.5 Å². The molecule has 0 saturated heterocycles. The summed E-state index contributed by atoms with van der Waals surface area (Å²) in [6.45, 7) is 4.24. The average Bonchev–Trinajstić information content (AvgIpc) is 2.54. The number of esters is 1. The number of hydrogen-bond acceptors (Lipinski definition) is 4. The van der Waals surface area contributed by atoms with Crippen LogP contribution in [-0.2, 0) is 16.1 Å². The minimum Gasteiger partial charge on any atom is -0.489 e. The number of hydrogen-bond donors (Lipinski definition) is 1. The molecule has 0 spiro atoms. The predicted molar refractivity (Wildman–Crippen MR) is 85.4 cm³/mol. The molecule has 2 aromatic rings. The normalized spacial score (nSPS) is 10.1. The number of carbonyl (C=O) groups is 1. The zero-order valence-corrected chi connectivity index (χ0v) is 12.8. The van der Waals surface area contributed by atoms with Gasteiger partial charge in [-0.3, -0.25) is 5.41 Å². The lowest BCUT2D eigenvalue weighted by atomic mass is 10.0. The Hall–Kier alpha value is -2.62. The van der Waals surface area contributed by atoms with Gasteiger partial charge in [0.15, 0.2) is 0 Å². The van der Waals surface area contributed by atoms with Crippen LogP contribution >= 0.6 is 0 Å². The fourth-order valence-corrected chi connectivity index (χ4v) is 2.08. The second kappa shape index (κ2) is 7.41. The van der Waals surface area contributed by atoms with Gasteiger partial charge in [0.25, 0.3) is 0 Å². The third-order valence-corrected chi connectivity index (χ3v) is 3.24. The SMILES string of the molecule is CCOC(=O)C(=N)c1ccccc1COc1ccccc1C. The van der Waals surface area contributed by atoms with E-state index < -0.39 is 5.97 Å². The van der Waals surface area contributed by atoms with Crippen molar-refractivity contribution < 1.29 is 14.3 Å². The Morgan fingerprint density at radius 2 is 1.77 bits per heavy atom. The van der Waals surface area contributed by atoms with Crippen LogP contribution in [0.5, 0.6) is 5.75 Å². The molecule has 0 aliphatic carbocycles. The van der Waals surface area contributed by atoms with Crippen LogP contribution in [0, 0.1) is 12.3 Å². The fraction of sp³-hybridized carbons (Fsp3) is 0.222. The number of rotatable bonds is 6. The smallest absolute Gasteiger partial charge is 0.356 e. The van der Waals surface area contributed by atoms with E-state index in [0.717, 1.165) is 16.9 Å². The summed E-state index contributed by atoms with van der Waals surface area (Å²) in [5, 5.41) is 7.98. The molecule has 4 nitrogen and oxygen atoms in total. The van der Waals surface area contributed by atoms with Crippen molar-refractivity contribution >= 4 is 11.7 Å². The Bertz CT molecular complexity index is 680. The van der Waals surface area contributed by atoms with E-state index in [0.29, 0.717) is 12.2 Å². The Morgan fingerprint density at radius 1 is 1.09 bits per heavy atom. The highest BCUT2D eigenvalue weighted by Gasteiger charge is 2.16. The number of nitrogens with one attached hydrogen (secondary N) is 1. The van der Waals surface area contributed by atoms with Crippen molar-refractivity contribution in [3.05, 3.63) is 65.2 Å². The van der Waals surface area contributed by atoms with Crippen molar-refractivity contribution in [1.29, 1.82) is 5.41 Å². The van der Waals surface area contributed by atoms with E-state index in [-0.39, 0.29) is 12.3 Å². The molecular weight excluding hydrogens is 278 g/mol. The maximum atomic E-state index is 11.7. The molecule has 0 saturated carbocycles. The van der Waals surface area contributed by atoms with Crippen LogP contribution in [-0.4, -0.2) is 18.3 Å². The van der Waals surface area contributed by atoms with Gasteiger partial charge in [-0.05, 0) is 31.0 Å². The Balaban J connectivity index is 2.17. The molecule has 114 valence electrons. The summed E-state index contributed by atoms with van der Waals surface area (Å²) in [5.41, 5.74) is 2.21. The summed E-state index contributed by atoms with van der Waals surface area (Å²) < 4.78 is 10.7. The Kier molecular flexibility index (Phi) is 5.31. The second-order valence-electron chi connectivity index (χ2n) is 4.81. The molecule has 0 bridgehead atoms. The molecular formula is C18H19NO3. The first kappa shape index (κ1) is 15.8. The van der Waals surface area contributed by atoms with Crippen LogP contribution in [0.25, 0.3) is 0 Å². The molecule has 0 aliphatic heterocycles. The van der Waals surface area contributed by atoms with E-state index in [1.165, 1.54) is 0 Å². The lowest BCUT2D eigenvalue weighted by Gasteiger charge is -2.12. The van der Waals surface area contributed by atoms with E-state index in [9.17, 15) is 4.79 Å². The van der Waals surface area contributed by atoms with Gasteiger partial charge in [-0.15, -0.1) is 0 Å². The van der Waals surface area contributed by atoms with Crippen LogP contribution in [0.3, 0.4) is 0 Å². The van der Waals surface area contributed by atoms with Crippen LogP contribution in [0.4, 0.5) is 0 Å². The number of aryl methyl sites for hydroxylation is 1. The third-order valence-electron chi connectivity index (χ3n) is 3.24. The molecule has 0 aromatic heterocycles. The predicted octanol–water partition coefficient (Wildman–Crippen LogP) is 3.50. The standard InChI is InChI=1S/C18H19NO3/c1-3-21-18(20)17(19)15-10-6-5-9-14(15)12-22-16-11-7-4-8-13(16)2/h4-11,19H,3,12H2,1-2H3. The average molecular weight is 297 g/mol. The lowest BCUT2D eigenvalue weighted by molar-refractivity contribution is -0.135. The molecule has 1 N–H and O–H groups in total. The summed E-state index contributed by atoms with van der Waals surface area (Å²) in [6.07, 6.45) is 0.